The third-order valence-corrected chi connectivity index (χ3v) is 4.74. The zero-order valence-electron chi connectivity index (χ0n) is 16.4. The van der Waals surface area contributed by atoms with Crippen LogP contribution in [0, 0.1) is 11.6 Å². The zero-order chi connectivity index (χ0) is 22.5. The molecule has 5 nitrogen and oxygen atoms in total. The molecule has 160 valence electrons. The minimum atomic E-state index is -1.04. The molecule has 0 bridgehead atoms. The van der Waals surface area contributed by atoms with Crippen molar-refractivity contribution in [2.75, 3.05) is 0 Å². The molecular weight excluding hydrogens is 428 g/mol. The molecule has 2 N–H and O–H groups in total. The van der Waals surface area contributed by atoms with Gasteiger partial charge in [0.05, 0.1) is 17.2 Å². The molecule has 0 fully saturated rings. The number of ether oxygens (including phenoxy) is 1. The van der Waals surface area contributed by atoms with E-state index in [0.29, 0.717) is 10.6 Å². The van der Waals surface area contributed by atoms with Gasteiger partial charge >= 0.3 is 5.97 Å². The Morgan fingerprint density at radius 2 is 1.68 bits per heavy atom. The van der Waals surface area contributed by atoms with E-state index in [1.807, 2.05) is 0 Å². The SMILES string of the molecule is C[C@H](NC(=O)c1cc(Cl)ccc1OCc1cc(F)cc(F)c1)c1ccc(C(=O)O)cc1. The van der Waals surface area contributed by atoms with Crippen LogP contribution in [0.15, 0.2) is 60.7 Å². The van der Waals surface area contributed by atoms with Gasteiger partial charge in [-0.3, -0.25) is 4.79 Å². The monoisotopic (exact) mass is 445 g/mol. The number of nitrogens with one attached hydrogen (secondary N) is 1. The Balaban J connectivity index is 1.75. The van der Waals surface area contributed by atoms with Crippen molar-refractivity contribution in [2.45, 2.75) is 19.6 Å². The fraction of sp³-hybridized carbons (Fsp3) is 0.130. The fourth-order valence-electron chi connectivity index (χ4n) is 2.93. The maximum atomic E-state index is 13.4. The number of halogens is 3. The van der Waals surface area contributed by atoms with Crippen molar-refractivity contribution in [1.82, 2.24) is 5.32 Å². The highest BCUT2D eigenvalue weighted by Gasteiger charge is 2.17. The van der Waals surface area contributed by atoms with Gasteiger partial charge in [0.2, 0.25) is 0 Å². The molecule has 3 aromatic carbocycles. The van der Waals surface area contributed by atoms with E-state index in [9.17, 15) is 18.4 Å². The molecule has 0 saturated carbocycles. The van der Waals surface area contributed by atoms with Gasteiger partial charge < -0.3 is 15.2 Å². The summed E-state index contributed by atoms with van der Waals surface area (Å²) in [5.74, 6) is -2.77. The third kappa shape index (κ3) is 5.79. The smallest absolute Gasteiger partial charge is 0.335 e. The molecule has 0 saturated heterocycles. The predicted octanol–water partition coefficient (Wildman–Crippen LogP) is 5.39. The van der Waals surface area contributed by atoms with Gasteiger partial charge in [-0.1, -0.05) is 23.7 Å². The summed E-state index contributed by atoms with van der Waals surface area (Å²) in [7, 11) is 0. The van der Waals surface area contributed by atoms with Gasteiger partial charge in [0.1, 0.15) is 24.0 Å². The summed E-state index contributed by atoms with van der Waals surface area (Å²) in [4.78, 5) is 23.8. The Morgan fingerprint density at radius 1 is 1.03 bits per heavy atom. The highest BCUT2D eigenvalue weighted by molar-refractivity contribution is 6.31. The third-order valence-electron chi connectivity index (χ3n) is 4.51. The van der Waals surface area contributed by atoms with Crippen LogP contribution < -0.4 is 10.1 Å². The molecule has 0 spiro atoms. The van der Waals surface area contributed by atoms with Gasteiger partial charge in [0.15, 0.2) is 0 Å². The van der Waals surface area contributed by atoms with Crippen molar-refractivity contribution in [3.63, 3.8) is 0 Å². The lowest BCUT2D eigenvalue weighted by molar-refractivity contribution is 0.0696. The lowest BCUT2D eigenvalue weighted by Gasteiger charge is -2.17. The van der Waals surface area contributed by atoms with Crippen LogP contribution in [0.5, 0.6) is 5.75 Å². The van der Waals surface area contributed by atoms with Crippen molar-refractivity contribution in [1.29, 1.82) is 0 Å². The molecule has 0 aliphatic rings. The molecule has 31 heavy (non-hydrogen) atoms. The van der Waals surface area contributed by atoms with Crippen LogP contribution in [0.2, 0.25) is 5.02 Å². The van der Waals surface area contributed by atoms with Crippen molar-refractivity contribution in [3.05, 3.63) is 99.6 Å². The Hall–Kier alpha value is -3.45. The summed E-state index contributed by atoms with van der Waals surface area (Å²) in [5, 5.41) is 12.1. The van der Waals surface area contributed by atoms with Crippen LogP contribution in [0.4, 0.5) is 8.78 Å². The Labute approximate surface area is 182 Å². The molecule has 0 aromatic heterocycles. The first-order valence-corrected chi connectivity index (χ1v) is 9.62. The normalized spacial score (nSPS) is 11.6. The van der Waals surface area contributed by atoms with Crippen LogP contribution in [0.3, 0.4) is 0 Å². The predicted molar refractivity (Wildman–Crippen MR) is 111 cm³/mol. The number of carbonyl (C=O) groups excluding carboxylic acids is 1. The summed E-state index contributed by atoms with van der Waals surface area (Å²) in [6.07, 6.45) is 0. The minimum absolute atomic E-state index is 0.140. The van der Waals surface area contributed by atoms with E-state index in [0.717, 1.165) is 18.2 Å². The number of hydrogen-bond donors (Lipinski definition) is 2. The topological polar surface area (TPSA) is 75.6 Å². The van der Waals surface area contributed by atoms with Crippen LogP contribution in [0.1, 0.15) is 44.8 Å². The molecule has 8 heteroatoms. The second-order valence-corrected chi connectivity index (χ2v) is 7.27. The summed E-state index contributed by atoms with van der Waals surface area (Å²) in [6, 6.07) is 13.2. The van der Waals surface area contributed by atoms with E-state index in [4.69, 9.17) is 21.4 Å². The highest BCUT2D eigenvalue weighted by atomic mass is 35.5. The molecule has 0 aliphatic heterocycles. The quantitative estimate of drug-likeness (QED) is 0.511. The fourth-order valence-corrected chi connectivity index (χ4v) is 3.11. The number of hydrogen-bond acceptors (Lipinski definition) is 3. The summed E-state index contributed by atoms with van der Waals surface area (Å²) < 4.78 is 32.4. The first-order valence-electron chi connectivity index (χ1n) is 9.24. The van der Waals surface area contributed by atoms with Gasteiger partial charge in [0.25, 0.3) is 5.91 Å². The van der Waals surface area contributed by atoms with Crippen molar-refractivity contribution >= 4 is 23.5 Å². The molecule has 0 heterocycles. The van der Waals surface area contributed by atoms with Crippen molar-refractivity contribution in [2.24, 2.45) is 0 Å². The zero-order valence-corrected chi connectivity index (χ0v) is 17.1. The minimum Gasteiger partial charge on any atom is -0.488 e. The molecule has 1 amide bonds. The van der Waals surface area contributed by atoms with Crippen LogP contribution in [-0.2, 0) is 6.61 Å². The Bertz CT molecular complexity index is 1100. The molecule has 0 aliphatic carbocycles. The van der Waals surface area contributed by atoms with E-state index in [1.165, 1.54) is 30.3 Å². The summed E-state index contributed by atoms with van der Waals surface area (Å²) in [5.41, 5.74) is 1.27. The lowest BCUT2D eigenvalue weighted by atomic mass is 10.1. The maximum Gasteiger partial charge on any atom is 0.335 e. The van der Waals surface area contributed by atoms with Crippen LogP contribution in [0.25, 0.3) is 0 Å². The number of benzene rings is 3. The summed E-state index contributed by atoms with van der Waals surface area (Å²) >= 11 is 6.03. The van der Waals surface area contributed by atoms with E-state index >= 15 is 0 Å². The maximum absolute atomic E-state index is 13.4. The number of aromatic carboxylic acids is 1. The average Bonchev–Trinajstić information content (AvgIpc) is 2.72. The van der Waals surface area contributed by atoms with Crippen molar-refractivity contribution < 1.29 is 28.2 Å². The standard InChI is InChI=1S/C23H18ClF2NO4/c1-13(15-2-4-16(5-3-15)23(29)30)27-22(28)20-10-17(24)6-7-21(20)31-12-14-8-18(25)11-19(26)9-14/h2-11,13H,12H2,1H3,(H,27,28)(H,29,30)/t13-/m0/s1. The number of carboxylic acid groups (broad SMARTS) is 1. The number of rotatable bonds is 7. The first-order chi connectivity index (χ1) is 14.7. The van der Waals surface area contributed by atoms with E-state index in [-0.39, 0.29) is 29.0 Å². The number of carbonyl (C=O) groups is 2. The molecule has 3 aromatic rings. The van der Waals surface area contributed by atoms with Gasteiger partial charge in [-0.15, -0.1) is 0 Å². The van der Waals surface area contributed by atoms with E-state index in [1.54, 1.807) is 19.1 Å². The molecule has 3 rings (SSSR count). The van der Waals surface area contributed by atoms with Gasteiger partial charge in [-0.25, -0.2) is 13.6 Å². The Kier molecular flexibility index (Phi) is 6.87. The van der Waals surface area contributed by atoms with Crippen LogP contribution >= 0.6 is 11.6 Å². The van der Waals surface area contributed by atoms with E-state index in [2.05, 4.69) is 5.32 Å². The largest absolute Gasteiger partial charge is 0.488 e. The van der Waals surface area contributed by atoms with Crippen molar-refractivity contribution in [3.8, 4) is 5.75 Å². The lowest BCUT2D eigenvalue weighted by Crippen LogP contribution is -2.27. The van der Waals surface area contributed by atoms with E-state index < -0.39 is 29.6 Å². The molecule has 1 atom stereocenters. The Morgan fingerprint density at radius 3 is 2.29 bits per heavy atom. The van der Waals surface area contributed by atoms with Gasteiger partial charge in [-0.2, -0.15) is 0 Å². The second-order valence-electron chi connectivity index (χ2n) is 6.83. The molecular formula is C23H18ClF2NO4. The summed E-state index contributed by atoms with van der Waals surface area (Å²) in [6.45, 7) is 1.59. The number of amides is 1. The van der Waals surface area contributed by atoms with Gasteiger partial charge in [-0.05, 0) is 60.5 Å². The van der Waals surface area contributed by atoms with Gasteiger partial charge in [0, 0.05) is 11.1 Å². The second kappa shape index (κ2) is 9.57. The molecule has 0 radical (unpaired) electrons. The van der Waals surface area contributed by atoms with Crippen LogP contribution in [-0.4, -0.2) is 17.0 Å². The average molecular weight is 446 g/mol. The number of carboxylic acids is 1. The molecule has 0 unspecified atom stereocenters. The highest BCUT2D eigenvalue weighted by Crippen LogP contribution is 2.25. The first kappa shape index (κ1) is 22.2.